The van der Waals surface area contributed by atoms with Gasteiger partial charge in [0.2, 0.25) is 5.88 Å². The molecule has 6 heteroatoms. The van der Waals surface area contributed by atoms with Crippen LogP contribution in [0.3, 0.4) is 0 Å². The van der Waals surface area contributed by atoms with Gasteiger partial charge in [-0.05, 0) is 30.3 Å². The minimum Gasteiger partial charge on any atom is -0.439 e. The molecule has 0 amide bonds. The lowest BCUT2D eigenvalue weighted by Crippen LogP contribution is -1.90. The highest BCUT2D eigenvalue weighted by Crippen LogP contribution is 2.25. The molecule has 20 heavy (non-hydrogen) atoms. The van der Waals surface area contributed by atoms with Gasteiger partial charge in [0.25, 0.3) is 0 Å². The molecular weight excluding hydrogens is 259 g/mol. The van der Waals surface area contributed by atoms with Gasteiger partial charge in [-0.15, -0.1) is 0 Å². The average molecular weight is 270 g/mol. The number of hydrogen-bond acceptors (Lipinski definition) is 4. The summed E-state index contributed by atoms with van der Waals surface area (Å²) < 4.78 is 18.3. The Kier molecular flexibility index (Phi) is 3.04. The van der Waals surface area contributed by atoms with Gasteiger partial charge in [0, 0.05) is 24.0 Å². The second-order valence-corrected chi connectivity index (χ2v) is 4.13. The molecule has 0 aliphatic heterocycles. The summed E-state index contributed by atoms with van der Waals surface area (Å²) in [5.74, 6) is 0.620. The lowest BCUT2D eigenvalue weighted by molar-refractivity contribution is 0.461. The standard InChI is InChI=1S/C14H11FN4O/c15-10-2-4-11(5-3-10)20-13-6-1-9(7-17-13)14-12(16)8-18-19-14/h1-8H,16H2,(H,18,19). The first-order valence-electron chi connectivity index (χ1n) is 5.91. The molecule has 0 saturated heterocycles. The number of halogens is 1. The zero-order valence-corrected chi connectivity index (χ0v) is 10.4. The monoisotopic (exact) mass is 270 g/mol. The summed E-state index contributed by atoms with van der Waals surface area (Å²) in [6.07, 6.45) is 3.23. The van der Waals surface area contributed by atoms with Crippen molar-refractivity contribution in [1.29, 1.82) is 0 Å². The molecule has 0 aliphatic carbocycles. The van der Waals surface area contributed by atoms with Crippen molar-refractivity contribution in [2.45, 2.75) is 0 Å². The third-order valence-corrected chi connectivity index (χ3v) is 2.72. The van der Waals surface area contributed by atoms with Gasteiger partial charge in [0.1, 0.15) is 17.3 Å². The largest absolute Gasteiger partial charge is 0.439 e. The van der Waals surface area contributed by atoms with Crippen LogP contribution in [-0.2, 0) is 0 Å². The predicted molar refractivity (Wildman–Crippen MR) is 72.7 cm³/mol. The van der Waals surface area contributed by atoms with Crippen LogP contribution in [0, 0.1) is 5.82 Å². The molecule has 0 saturated carbocycles. The van der Waals surface area contributed by atoms with E-state index in [0.29, 0.717) is 23.0 Å². The molecule has 0 unspecified atom stereocenters. The lowest BCUT2D eigenvalue weighted by atomic mass is 10.2. The molecule has 1 aromatic carbocycles. The highest BCUT2D eigenvalue weighted by Gasteiger charge is 2.06. The normalized spacial score (nSPS) is 10.4. The maximum atomic E-state index is 12.8. The number of ether oxygens (including phenoxy) is 1. The summed E-state index contributed by atoms with van der Waals surface area (Å²) in [4.78, 5) is 4.17. The Hall–Kier alpha value is -2.89. The third kappa shape index (κ3) is 2.44. The van der Waals surface area contributed by atoms with Crippen LogP contribution in [0.25, 0.3) is 11.3 Å². The van der Waals surface area contributed by atoms with E-state index in [9.17, 15) is 4.39 Å². The van der Waals surface area contributed by atoms with E-state index in [1.54, 1.807) is 24.5 Å². The smallest absolute Gasteiger partial charge is 0.219 e. The van der Waals surface area contributed by atoms with Crippen LogP contribution in [0.1, 0.15) is 0 Å². The summed E-state index contributed by atoms with van der Waals surface area (Å²) >= 11 is 0. The number of nitrogen functional groups attached to an aromatic ring is 1. The molecule has 0 aliphatic rings. The number of H-pyrrole nitrogens is 1. The molecule has 0 fully saturated rings. The Bertz CT molecular complexity index is 707. The Morgan fingerprint density at radius 2 is 1.90 bits per heavy atom. The van der Waals surface area contributed by atoms with Gasteiger partial charge < -0.3 is 10.5 Å². The van der Waals surface area contributed by atoms with Crippen LogP contribution in [0.15, 0.2) is 48.8 Å². The van der Waals surface area contributed by atoms with Crippen molar-refractivity contribution in [1.82, 2.24) is 15.2 Å². The van der Waals surface area contributed by atoms with Crippen molar-refractivity contribution in [2.75, 3.05) is 5.73 Å². The molecule has 0 spiro atoms. The second-order valence-electron chi connectivity index (χ2n) is 4.13. The molecule has 0 bridgehead atoms. The number of pyridine rings is 1. The fourth-order valence-electron chi connectivity index (χ4n) is 1.73. The molecule has 2 aromatic heterocycles. The number of aromatic nitrogens is 3. The first-order valence-corrected chi connectivity index (χ1v) is 5.91. The van der Waals surface area contributed by atoms with Crippen LogP contribution in [0.2, 0.25) is 0 Å². The maximum absolute atomic E-state index is 12.8. The Morgan fingerprint density at radius 3 is 2.50 bits per heavy atom. The van der Waals surface area contributed by atoms with Gasteiger partial charge in [-0.1, -0.05) is 0 Å². The molecule has 0 radical (unpaired) electrons. The van der Waals surface area contributed by atoms with E-state index in [4.69, 9.17) is 10.5 Å². The fraction of sp³-hybridized carbons (Fsp3) is 0. The molecule has 3 rings (SSSR count). The third-order valence-electron chi connectivity index (χ3n) is 2.72. The molecule has 2 heterocycles. The number of aromatic amines is 1. The Morgan fingerprint density at radius 1 is 1.10 bits per heavy atom. The molecule has 5 nitrogen and oxygen atoms in total. The van der Waals surface area contributed by atoms with E-state index in [-0.39, 0.29) is 5.82 Å². The van der Waals surface area contributed by atoms with Crippen molar-refractivity contribution in [3.63, 3.8) is 0 Å². The van der Waals surface area contributed by atoms with Crippen LogP contribution in [-0.4, -0.2) is 15.2 Å². The summed E-state index contributed by atoms with van der Waals surface area (Å²) in [7, 11) is 0. The molecular formula is C14H11FN4O. The molecule has 3 aromatic rings. The zero-order valence-electron chi connectivity index (χ0n) is 10.4. The number of nitrogens with one attached hydrogen (secondary N) is 1. The zero-order chi connectivity index (χ0) is 13.9. The molecule has 3 N–H and O–H groups in total. The van der Waals surface area contributed by atoms with Crippen LogP contribution in [0.4, 0.5) is 10.1 Å². The van der Waals surface area contributed by atoms with E-state index in [0.717, 1.165) is 5.56 Å². The first-order chi connectivity index (χ1) is 9.72. The van der Waals surface area contributed by atoms with Crippen molar-refractivity contribution >= 4 is 5.69 Å². The van der Waals surface area contributed by atoms with E-state index >= 15 is 0 Å². The highest BCUT2D eigenvalue weighted by atomic mass is 19.1. The molecule has 0 atom stereocenters. The summed E-state index contributed by atoms with van der Waals surface area (Å²) in [6, 6.07) is 9.24. The average Bonchev–Trinajstić information content (AvgIpc) is 2.89. The van der Waals surface area contributed by atoms with Gasteiger partial charge in [-0.3, -0.25) is 5.10 Å². The van der Waals surface area contributed by atoms with Crippen LogP contribution < -0.4 is 10.5 Å². The van der Waals surface area contributed by atoms with E-state index in [1.807, 2.05) is 0 Å². The molecule has 100 valence electrons. The van der Waals surface area contributed by atoms with E-state index in [1.165, 1.54) is 24.3 Å². The quantitative estimate of drug-likeness (QED) is 0.767. The number of hydrogen-bond donors (Lipinski definition) is 2. The number of anilines is 1. The number of benzene rings is 1. The van der Waals surface area contributed by atoms with Gasteiger partial charge >= 0.3 is 0 Å². The highest BCUT2D eigenvalue weighted by molar-refractivity contribution is 5.71. The lowest BCUT2D eigenvalue weighted by Gasteiger charge is -2.05. The minimum atomic E-state index is -0.310. The van der Waals surface area contributed by atoms with E-state index < -0.39 is 0 Å². The number of nitrogens with zero attached hydrogens (tertiary/aromatic N) is 2. The van der Waals surface area contributed by atoms with Crippen molar-refractivity contribution < 1.29 is 9.13 Å². The van der Waals surface area contributed by atoms with E-state index in [2.05, 4.69) is 15.2 Å². The van der Waals surface area contributed by atoms with Crippen molar-refractivity contribution in [3.8, 4) is 22.9 Å². The topological polar surface area (TPSA) is 76.8 Å². The van der Waals surface area contributed by atoms with Gasteiger partial charge in [0.15, 0.2) is 0 Å². The first kappa shape index (κ1) is 12.2. The second kappa shape index (κ2) is 5.00. The summed E-state index contributed by atoms with van der Waals surface area (Å²) in [6.45, 7) is 0. The maximum Gasteiger partial charge on any atom is 0.219 e. The predicted octanol–water partition coefficient (Wildman–Crippen LogP) is 2.99. The van der Waals surface area contributed by atoms with Crippen molar-refractivity contribution in [2.24, 2.45) is 0 Å². The Balaban J connectivity index is 1.80. The summed E-state index contributed by atoms with van der Waals surface area (Å²) in [5, 5.41) is 6.72. The Labute approximate surface area is 114 Å². The fourth-order valence-corrected chi connectivity index (χ4v) is 1.73. The van der Waals surface area contributed by atoms with Crippen LogP contribution >= 0.6 is 0 Å². The SMILES string of the molecule is Nc1c[nH]nc1-c1ccc(Oc2ccc(F)cc2)nc1. The van der Waals surface area contributed by atoms with Crippen molar-refractivity contribution in [3.05, 3.63) is 54.6 Å². The van der Waals surface area contributed by atoms with Gasteiger partial charge in [0.05, 0.1) is 5.69 Å². The van der Waals surface area contributed by atoms with Crippen LogP contribution in [0.5, 0.6) is 11.6 Å². The van der Waals surface area contributed by atoms with Gasteiger partial charge in [-0.25, -0.2) is 9.37 Å². The summed E-state index contributed by atoms with van der Waals surface area (Å²) in [5.41, 5.74) is 7.75. The van der Waals surface area contributed by atoms with Gasteiger partial charge in [-0.2, -0.15) is 5.10 Å². The number of rotatable bonds is 3. The minimum absolute atomic E-state index is 0.310. The number of nitrogens with two attached hydrogens (primary N) is 1.